The molecule has 0 fully saturated rings. The first-order chi connectivity index (χ1) is 43.1. The van der Waals surface area contributed by atoms with Gasteiger partial charge in [0.2, 0.25) is 0 Å². The molecule has 0 atom stereocenters. The van der Waals surface area contributed by atoms with E-state index < -0.39 is 13.5 Å². The van der Waals surface area contributed by atoms with Gasteiger partial charge in [-0.2, -0.15) is 0 Å². The molecule has 0 saturated heterocycles. The molecule has 0 radical (unpaired) electrons. The van der Waals surface area contributed by atoms with Crippen LogP contribution >= 0.6 is 0 Å². The van der Waals surface area contributed by atoms with Crippen LogP contribution < -0.4 is 20.7 Å². The maximum atomic E-state index is 13.1. The van der Waals surface area contributed by atoms with Crippen LogP contribution in [0.25, 0.3) is 89.6 Å². The molecule has 11 aromatic carbocycles. The first-order valence-electron chi connectivity index (χ1n) is 31.6. The standard InChI is InChI=1S/C84H79N4OSi.Pt/c1-81(2,3)60-45-47-73(68(52-60)56-31-18-13-19-32-56)87-75-43-29-28-42-72(75)85-79(87)59-49-58(50-66(51-59)90(63-35-22-15-23-36-63,64-37-24-16-25-38-64)65-39-26-17-27-40-65)67-41-30-44-76-77(67)86-80(70-54-62(83(7,8)9)55-71(78(70)89)84(10,11)12)88(76)74-48-46-61(82(4,5)6)53-69(74)57-33-20-14-21-34-57;/h13-48,50-55,89H,1-12H3;/q-1;. The average Bonchev–Trinajstić information content (AvgIpc) is 1.73. The first-order valence-corrected chi connectivity index (χ1v) is 33.6. The summed E-state index contributed by atoms with van der Waals surface area (Å²) in [7, 11) is -3.27. The van der Waals surface area contributed by atoms with Crippen molar-refractivity contribution in [1.29, 1.82) is 0 Å². The van der Waals surface area contributed by atoms with Crippen molar-refractivity contribution < 1.29 is 26.2 Å². The molecular weight excluding hydrogens is 1300 g/mol. The van der Waals surface area contributed by atoms with Gasteiger partial charge in [-0.05, 0) is 114 Å². The van der Waals surface area contributed by atoms with Crippen LogP contribution in [-0.4, -0.2) is 32.3 Å². The molecule has 2 aromatic heterocycles. The van der Waals surface area contributed by atoms with Crippen LogP contribution in [0, 0.1) is 6.07 Å². The molecule has 0 saturated carbocycles. The smallest absolute Gasteiger partial charge is 0.164 e. The fourth-order valence-electron chi connectivity index (χ4n) is 13.2. The van der Waals surface area contributed by atoms with Gasteiger partial charge in [-0.3, -0.25) is 9.55 Å². The Morgan fingerprint density at radius 3 is 1.26 bits per heavy atom. The average molecular weight is 1380 g/mol. The second-order valence-corrected chi connectivity index (χ2v) is 32.2. The molecule has 0 aliphatic carbocycles. The summed E-state index contributed by atoms with van der Waals surface area (Å²) in [5.74, 6) is 1.66. The molecule has 91 heavy (non-hydrogen) atoms. The zero-order chi connectivity index (χ0) is 62.9. The Bertz CT molecular complexity index is 4700. The van der Waals surface area contributed by atoms with Crippen LogP contribution in [0.15, 0.2) is 255 Å². The Hall–Kier alpha value is -8.93. The van der Waals surface area contributed by atoms with Gasteiger partial charge in [0, 0.05) is 43.4 Å². The summed E-state index contributed by atoms with van der Waals surface area (Å²) >= 11 is 0. The molecule has 0 spiro atoms. The van der Waals surface area contributed by atoms with E-state index in [1.165, 1.54) is 31.9 Å². The Balaban J connectivity index is 0.00000800. The van der Waals surface area contributed by atoms with Crippen molar-refractivity contribution in [3.8, 4) is 73.3 Å². The van der Waals surface area contributed by atoms with E-state index in [4.69, 9.17) is 9.97 Å². The molecule has 456 valence electrons. The molecule has 0 bridgehead atoms. The van der Waals surface area contributed by atoms with Crippen molar-refractivity contribution in [2.45, 2.75) is 105 Å². The Kier molecular flexibility index (Phi) is 16.4. The third-order valence-electron chi connectivity index (χ3n) is 18.1. The number of benzene rings is 11. The fraction of sp³-hybridized carbons (Fsp3) is 0.190. The van der Waals surface area contributed by atoms with Crippen LogP contribution in [0.1, 0.15) is 105 Å². The van der Waals surface area contributed by atoms with Crippen molar-refractivity contribution in [2.24, 2.45) is 0 Å². The third-order valence-corrected chi connectivity index (χ3v) is 22.9. The van der Waals surface area contributed by atoms with Gasteiger partial charge in [0.15, 0.2) is 8.07 Å². The van der Waals surface area contributed by atoms with E-state index >= 15 is 0 Å². The molecule has 0 amide bonds. The molecule has 1 N–H and O–H groups in total. The summed E-state index contributed by atoms with van der Waals surface area (Å²) < 4.78 is 4.69. The Morgan fingerprint density at radius 2 is 0.780 bits per heavy atom. The summed E-state index contributed by atoms with van der Waals surface area (Å²) in [5, 5.41) is 18.0. The minimum Gasteiger partial charge on any atom is -0.507 e. The number of imidazole rings is 2. The molecule has 7 heteroatoms. The Labute approximate surface area is 553 Å². The van der Waals surface area contributed by atoms with Crippen molar-refractivity contribution in [2.75, 3.05) is 0 Å². The molecule has 5 nitrogen and oxygen atoms in total. The van der Waals surface area contributed by atoms with E-state index in [-0.39, 0.29) is 43.1 Å². The molecule has 13 aromatic rings. The number of aromatic hydroxyl groups is 1. The number of hydrogen-bond donors (Lipinski definition) is 1. The SMILES string of the molecule is CC(C)(C)c1ccc(-n2c(-c3[c-]c(-c4cccc5c4nc(-c4cc(C(C)(C)C)cc(C(C)(C)C)c4O)n5-c4ccc(C(C)(C)C)cc4-c4ccccc4)cc([Si](c4ccccc4)(c4ccccc4)c4ccccc4)c3)nc3ccccc32)c(-c2ccccc2)c1.[Pt]. The number of phenols is 1. The van der Waals surface area contributed by atoms with Gasteiger partial charge in [-0.25, -0.2) is 4.98 Å². The van der Waals surface area contributed by atoms with Crippen LogP contribution in [0.5, 0.6) is 5.75 Å². The first kappa shape index (κ1) is 62.3. The zero-order valence-corrected chi connectivity index (χ0v) is 57.6. The van der Waals surface area contributed by atoms with Gasteiger partial charge < -0.3 is 9.67 Å². The number of phenolic OH excluding ortho intramolecular Hbond substituents is 1. The second-order valence-electron chi connectivity index (χ2n) is 28.4. The van der Waals surface area contributed by atoms with Crippen molar-refractivity contribution in [1.82, 2.24) is 19.1 Å². The minimum atomic E-state index is -3.27. The fourth-order valence-corrected chi connectivity index (χ4v) is 18.0. The van der Waals surface area contributed by atoms with Crippen molar-refractivity contribution in [3.05, 3.63) is 283 Å². The summed E-state index contributed by atoms with van der Waals surface area (Å²) in [6, 6.07) is 97.3. The number of rotatable bonds is 11. The summed E-state index contributed by atoms with van der Waals surface area (Å²) in [6.07, 6.45) is 0. The van der Waals surface area contributed by atoms with E-state index in [0.717, 1.165) is 89.3 Å². The monoisotopic (exact) mass is 1380 g/mol. The van der Waals surface area contributed by atoms with Crippen LogP contribution in [0.3, 0.4) is 0 Å². The topological polar surface area (TPSA) is 55.9 Å². The summed E-state index contributed by atoms with van der Waals surface area (Å²) in [5.41, 5.74) is 16.8. The van der Waals surface area contributed by atoms with E-state index in [2.05, 4.69) is 353 Å². The van der Waals surface area contributed by atoms with Crippen molar-refractivity contribution >= 4 is 50.9 Å². The quantitative estimate of drug-likeness (QED) is 0.0798. The summed E-state index contributed by atoms with van der Waals surface area (Å²) in [4.78, 5) is 11.7. The summed E-state index contributed by atoms with van der Waals surface area (Å²) in [6.45, 7) is 27.0. The number of nitrogens with zero attached hydrogens (tertiary/aromatic N) is 4. The number of aromatic nitrogens is 4. The minimum absolute atomic E-state index is 0. The van der Waals surface area contributed by atoms with Crippen molar-refractivity contribution in [3.63, 3.8) is 0 Å². The second kappa shape index (κ2) is 24.0. The molecule has 0 unspecified atom stereocenters. The molecule has 13 rings (SSSR count). The molecular formula is C84H79N4OPtSi-. The zero-order valence-electron chi connectivity index (χ0n) is 54.3. The molecule has 0 aliphatic rings. The maximum Gasteiger partial charge on any atom is 0.164 e. The van der Waals surface area contributed by atoms with Gasteiger partial charge in [0.1, 0.15) is 11.6 Å². The van der Waals surface area contributed by atoms with E-state index in [0.29, 0.717) is 11.4 Å². The van der Waals surface area contributed by atoms with E-state index in [9.17, 15) is 5.11 Å². The molecule has 2 heterocycles. The van der Waals surface area contributed by atoms with Gasteiger partial charge in [0.25, 0.3) is 0 Å². The van der Waals surface area contributed by atoms with E-state index in [1.807, 2.05) is 0 Å². The predicted molar refractivity (Wildman–Crippen MR) is 382 cm³/mol. The van der Waals surface area contributed by atoms with Gasteiger partial charge in [-0.15, -0.1) is 28.9 Å². The van der Waals surface area contributed by atoms with Crippen LogP contribution in [-0.2, 0) is 42.7 Å². The van der Waals surface area contributed by atoms with Gasteiger partial charge in [0.05, 0.1) is 39.1 Å². The Morgan fingerprint density at radius 1 is 0.352 bits per heavy atom. The maximum absolute atomic E-state index is 13.1. The van der Waals surface area contributed by atoms with E-state index in [1.54, 1.807) is 0 Å². The van der Waals surface area contributed by atoms with Crippen LogP contribution in [0.2, 0.25) is 0 Å². The largest absolute Gasteiger partial charge is 0.507 e. The third kappa shape index (κ3) is 11.5. The number of fused-ring (bicyclic) bond motifs is 2. The molecule has 0 aliphatic heterocycles. The number of hydrogen-bond acceptors (Lipinski definition) is 3. The normalized spacial score (nSPS) is 12.4. The number of para-hydroxylation sites is 3. The predicted octanol–water partition coefficient (Wildman–Crippen LogP) is 18.8. The van der Waals surface area contributed by atoms with Gasteiger partial charge in [-0.1, -0.05) is 288 Å². The van der Waals surface area contributed by atoms with Gasteiger partial charge >= 0.3 is 0 Å². The van der Waals surface area contributed by atoms with Crippen LogP contribution in [0.4, 0.5) is 0 Å².